The number of amides is 1. The molecule has 1 heterocycles. The Morgan fingerprint density at radius 1 is 1.24 bits per heavy atom. The highest BCUT2D eigenvalue weighted by Crippen LogP contribution is 2.29. The molecular formula is C17H23NO3. The van der Waals surface area contributed by atoms with E-state index in [0.29, 0.717) is 19.5 Å². The van der Waals surface area contributed by atoms with Crippen LogP contribution < -0.4 is 0 Å². The van der Waals surface area contributed by atoms with Crippen molar-refractivity contribution in [2.75, 3.05) is 13.1 Å². The smallest absolute Gasteiger partial charge is 0.308 e. The molecule has 1 aliphatic heterocycles. The Hall–Kier alpha value is -1.84. The molecule has 1 aromatic carbocycles. The number of carboxylic acid groups (broad SMARTS) is 1. The average Bonchev–Trinajstić information content (AvgIpc) is 2.48. The number of benzene rings is 1. The third-order valence-corrected chi connectivity index (χ3v) is 4.17. The second kappa shape index (κ2) is 6.74. The molecule has 0 saturated carbocycles. The summed E-state index contributed by atoms with van der Waals surface area (Å²) in [5, 5.41) is 9.16. The van der Waals surface area contributed by atoms with E-state index in [-0.39, 0.29) is 17.7 Å². The second-order valence-electron chi connectivity index (χ2n) is 6.09. The van der Waals surface area contributed by atoms with Gasteiger partial charge in [-0.15, -0.1) is 0 Å². The zero-order valence-electron chi connectivity index (χ0n) is 12.7. The van der Waals surface area contributed by atoms with Gasteiger partial charge in [-0.2, -0.15) is 0 Å². The molecule has 2 rings (SSSR count). The van der Waals surface area contributed by atoms with E-state index in [0.717, 1.165) is 12.0 Å². The largest absolute Gasteiger partial charge is 0.481 e. The van der Waals surface area contributed by atoms with E-state index >= 15 is 0 Å². The van der Waals surface area contributed by atoms with Gasteiger partial charge in [-0.1, -0.05) is 44.2 Å². The zero-order chi connectivity index (χ0) is 15.4. The van der Waals surface area contributed by atoms with E-state index in [1.165, 1.54) is 0 Å². The Bertz CT molecular complexity index is 498. The number of carbonyl (C=O) groups excluding carboxylic acids is 1. The van der Waals surface area contributed by atoms with Crippen LogP contribution in [0.5, 0.6) is 0 Å². The van der Waals surface area contributed by atoms with Gasteiger partial charge in [-0.3, -0.25) is 9.59 Å². The van der Waals surface area contributed by atoms with Gasteiger partial charge >= 0.3 is 5.97 Å². The fourth-order valence-corrected chi connectivity index (χ4v) is 3.05. The predicted molar refractivity (Wildman–Crippen MR) is 81.0 cm³/mol. The van der Waals surface area contributed by atoms with Gasteiger partial charge in [0.25, 0.3) is 0 Å². The van der Waals surface area contributed by atoms with Crippen LogP contribution in [0.25, 0.3) is 0 Å². The van der Waals surface area contributed by atoms with Crippen molar-refractivity contribution < 1.29 is 14.7 Å². The first-order chi connectivity index (χ1) is 10.0. The highest BCUT2D eigenvalue weighted by Gasteiger charge is 2.33. The van der Waals surface area contributed by atoms with Crippen LogP contribution in [0.3, 0.4) is 0 Å². The number of hydrogen-bond acceptors (Lipinski definition) is 2. The summed E-state index contributed by atoms with van der Waals surface area (Å²) in [5.41, 5.74) is 1.01. The van der Waals surface area contributed by atoms with Crippen molar-refractivity contribution in [2.45, 2.75) is 32.6 Å². The summed E-state index contributed by atoms with van der Waals surface area (Å²) in [6.07, 6.45) is 1.43. The van der Waals surface area contributed by atoms with Crippen LogP contribution in [0, 0.1) is 11.8 Å². The van der Waals surface area contributed by atoms with Gasteiger partial charge in [-0.25, -0.2) is 0 Å². The van der Waals surface area contributed by atoms with Gasteiger partial charge < -0.3 is 10.0 Å². The Balaban J connectivity index is 2.17. The summed E-state index contributed by atoms with van der Waals surface area (Å²) in [5.74, 6) is -1.18. The highest BCUT2D eigenvalue weighted by atomic mass is 16.4. The average molecular weight is 289 g/mol. The Morgan fingerprint density at radius 3 is 2.48 bits per heavy atom. The number of nitrogens with zero attached hydrogens (tertiary/aromatic N) is 1. The van der Waals surface area contributed by atoms with E-state index in [9.17, 15) is 9.59 Å². The van der Waals surface area contributed by atoms with Crippen molar-refractivity contribution in [2.24, 2.45) is 11.8 Å². The van der Waals surface area contributed by atoms with Crippen molar-refractivity contribution in [3.63, 3.8) is 0 Å². The lowest BCUT2D eigenvalue weighted by Gasteiger charge is -2.34. The van der Waals surface area contributed by atoms with Gasteiger partial charge in [0.05, 0.1) is 11.8 Å². The van der Waals surface area contributed by atoms with E-state index in [1.54, 1.807) is 4.90 Å². The van der Waals surface area contributed by atoms with E-state index < -0.39 is 11.9 Å². The number of hydrogen-bond donors (Lipinski definition) is 1. The molecule has 4 nitrogen and oxygen atoms in total. The maximum absolute atomic E-state index is 12.8. The van der Waals surface area contributed by atoms with Crippen molar-refractivity contribution in [3.05, 3.63) is 35.9 Å². The highest BCUT2D eigenvalue weighted by molar-refractivity contribution is 5.84. The fourth-order valence-electron chi connectivity index (χ4n) is 3.05. The van der Waals surface area contributed by atoms with E-state index in [2.05, 4.69) is 0 Å². The molecule has 1 aliphatic rings. The summed E-state index contributed by atoms with van der Waals surface area (Å²) in [6.45, 7) is 5.07. The maximum Gasteiger partial charge on any atom is 0.308 e. The lowest BCUT2D eigenvalue weighted by Crippen LogP contribution is -2.45. The molecule has 0 spiro atoms. The van der Waals surface area contributed by atoms with Crippen LogP contribution in [0.1, 0.15) is 38.2 Å². The van der Waals surface area contributed by atoms with E-state index in [1.807, 2.05) is 44.2 Å². The normalized spacial score (nSPS) is 20.3. The standard InChI is InChI=1S/C17H23NO3/c1-12(2)15(13-7-4-3-5-8-13)16(19)18-10-6-9-14(11-18)17(20)21/h3-5,7-8,12,14-15H,6,9-11H2,1-2H3,(H,20,21)/t14-,15?/m0/s1. The molecule has 0 bridgehead atoms. The molecule has 1 fully saturated rings. The topological polar surface area (TPSA) is 57.6 Å². The molecule has 4 heteroatoms. The first-order valence-corrected chi connectivity index (χ1v) is 7.57. The summed E-state index contributed by atoms with van der Waals surface area (Å²) in [4.78, 5) is 25.7. The minimum Gasteiger partial charge on any atom is -0.481 e. The predicted octanol–water partition coefficient (Wildman–Crippen LogP) is 2.75. The molecule has 0 aliphatic carbocycles. The molecule has 0 radical (unpaired) electrons. The fraction of sp³-hybridized carbons (Fsp3) is 0.529. The van der Waals surface area contributed by atoms with Gasteiger partial charge in [0.15, 0.2) is 0 Å². The lowest BCUT2D eigenvalue weighted by atomic mass is 9.86. The summed E-state index contributed by atoms with van der Waals surface area (Å²) in [6, 6.07) is 9.76. The van der Waals surface area contributed by atoms with Gasteiger partial charge in [-0.05, 0) is 24.3 Å². The van der Waals surface area contributed by atoms with Crippen molar-refractivity contribution in [1.29, 1.82) is 0 Å². The summed E-state index contributed by atoms with van der Waals surface area (Å²) < 4.78 is 0. The molecule has 0 aromatic heterocycles. The minimum absolute atomic E-state index is 0.0575. The quantitative estimate of drug-likeness (QED) is 0.927. The Kier molecular flexibility index (Phi) is 4.99. The maximum atomic E-state index is 12.8. The van der Waals surface area contributed by atoms with Crippen molar-refractivity contribution >= 4 is 11.9 Å². The minimum atomic E-state index is -0.798. The first-order valence-electron chi connectivity index (χ1n) is 7.57. The van der Waals surface area contributed by atoms with Crippen LogP contribution >= 0.6 is 0 Å². The number of aliphatic carboxylic acids is 1. The van der Waals surface area contributed by atoms with Crippen LogP contribution in [0.2, 0.25) is 0 Å². The monoisotopic (exact) mass is 289 g/mol. The third-order valence-electron chi connectivity index (χ3n) is 4.17. The number of piperidine rings is 1. The van der Waals surface area contributed by atoms with Gasteiger partial charge in [0.2, 0.25) is 5.91 Å². The van der Waals surface area contributed by atoms with Gasteiger partial charge in [0, 0.05) is 13.1 Å². The molecule has 2 atom stereocenters. The molecule has 1 N–H and O–H groups in total. The second-order valence-corrected chi connectivity index (χ2v) is 6.09. The third kappa shape index (κ3) is 3.63. The van der Waals surface area contributed by atoms with Crippen molar-refractivity contribution in [3.8, 4) is 0 Å². The molecule has 114 valence electrons. The van der Waals surface area contributed by atoms with E-state index in [4.69, 9.17) is 5.11 Å². The number of carboxylic acids is 1. The molecule has 21 heavy (non-hydrogen) atoms. The number of likely N-dealkylation sites (tertiary alicyclic amines) is 1. The first kappa shape index (κ1) is 15.5. The number of carbonyl (C=O) groups is 2. The molecule has 1 saturated heterocycles. The van der Waals surface area contributed by atoms with Gasteiger partial charge in [0.1, 0.15) is 0 Å². The molecule has 1 amide bonds. The Labute approximate surface area is 125 Å². The van der Waals surface area contributed by atoms with Crippen LogP contribution in [0.15, 0.2) is 30.3 Å². The van der Waals surface area contributed by atoms with Crippen LogP contribution in [0.4, 0.5) is 0 Å². The summed E-state index contributed by atoms with van der Waals surface area (Å²) >= 11 is 0. The molecular weight excluding hydrogens is 266 g/mol. The SMILES string of the molecule is CC(C)C(C(=O)N1CCC[C@H](C(=O)O)C1)c1ccccc1. The molecule has 1 aromatic rings. The number of rotatable bonds is 4. The lowest BCUT2D eigenvalue weighted by molar-refractivity contribution is -0.146. The Morgan fingerprint density at radius 2 is 1.90 bits per heavy atom. The van der Waals surface area contributed by atoms with Crippen LogP contribution in [-0.2, 0) is 9.59 Å². The molecule has 1 unspecified atom stereocenters. The summed E-state index contributed by atoms with van der Waals surface area (Å²) in [7, 11) is 0. The van der Waals surface area contributed by atoms with Crippen LogP contribution in [-0.4, -0.2) is 35.0 Å². The van der Waals surface area contributed by atoms with Crippen molar-refractivity contribution in [1.82, 2.24) is 4.90 Å². The zero-order valence-corrected chi connectivity index (χ0v) is 12.7.